The SMILES string of the molecule is CCSC1CCC(NC(=O)c2ccc(NC)c(C)c2)C1. The minimum atomic E-state index is 0.0582. The number of carbonyl (C=O) groups is 1. The lowest BCUT2D eigenvalue weighted by Crippen LogP contribution is -2.33. The van der Waals surface area contributed by atoms with Crippen molar-refractivity contribution in [1.29, 1.82) is 0 Å². The topological polar surface area (TPSA) is 41.1 Å². The molecule has 4 heteroatoms. The first-order valence-electron chi connectivity index (χ1n) is 7.35. The van der Waals surface area contributed by atoms with Crippen LogP contribution >= 0.6 is 11.8 Å². The van der Waals surface area contributed by atoms with E-state index in [1.165, 1.54) is 6.42 Å². The zero-order chi connectivity index (χ0) is 14.5. The fraction of sp³-hybridized carbons (Fsp3) is 0.562. The molecule has 1 fully saturated rings. The molecule has 0 radical (unpaired) electrons. The van der Waals surface area contributed by atoms with Gasteiger partial charge in [0.1, 0.15) is 0 Å². The third-order valence-corrected chi connectivity index (χ3v) is 5.11. The molecule has 3 nitrogen and oxygen atoms in total. The van der Waals surface area contributed by atoms with Gasteiger partial charge in [-0.2, -0.15) is 11.8 Å². The normalized spacial score (nSPS) is 21.8. The van der Waals surface area contributed by atoms with Crippen LogP contribution in [0.15, 0.2) is 18.2 Å². The molecular formula is C16H24N2OS. The first-order valence-corrected chi connectivity index (χ1v) is 8.39. The van der Waals surface area contributed by atoms with Crippen molar-refractivity contribution in [2.75, 3.05) is 18.1 Å². The minimum Gasteiger partial charge on any atom is -0.388 e. The van der Waals surface area contributed by atoms with E-state index in [1.54, 1.807) is 0 Å². The van der Waals surface area contributed by atoms with Gasteiger partial charge in [0.05, 0.1) is 0 Å². The van der Waals surface area contributed by atoms with E-state index in [2.05, 4.69) is 17.6 Å². The average molecular weight is 292 g/mol. The van der Waals surface area contributed by atoms with E-state index < -0.39 is 0 Å². The highest BCUT2D eigenvalue weighted by atomic mass is 32.2. The number of hydrogen-bond acceptors (Lipinski definition) is 3. The summed E-state index contributed by atoms with van der Waals surface area (Å²) in [6.07, 6.45) is 3.44. The van der Waals surface area contributed by atoms with Crippen LogP contribution in [-0.4, -0.2) is 30.0 Å². The summed E-state index contributed by atoms with van der Waals surface area (Å²) < 4.78 is 0. The highest BCUT2D eigenvalue weighted by molar-refractivity contribution is 7.99. The van der Waals surface area contributed by atoms with Crippen LogP contribution < -0.4 is 10.6 Å². The third kappa shape index (κ3) is 3.69. The molecule has 1 aliphatic carbocycles. The fourth-order valence-corrected chi connectivity index (χ4v) is 3.95. The summed E-state index contributed by atoms with van der Waals surface area (Å²) in [4.78, 5) is 12.3. The van der Waals surface area contributed by atoms with E-state index in [-0.39, 0.29) is 5.91 Å². The van der Waals surface area contributed by atoms with Crippen molar-refractivity contribution in [3.63, 3.8) is 0 Å². The number of aryl methyl sites for hydroxylation is 1. The molecule has 0 aliphatic heterocycles. The van der Waals surface area contributed by atoms with Crippen molar-refractivity contribution in [2.24, 2.45) is 0 Å². The van der Waals surface area contributed by atoms with E-state index >= 15 is 0 Å². The molecule has 2 unspecified atom stereocenters. The summed E-state index contributed by atoms with van der Waals surface area (Å²) in [7, 11) is 1.89. The molecule has 2 rings (SSSR count). The second-order valence-corrected chi connectivity index (χ2v) is 6.92. The predicted octanol–water partition coefficient (Wildman–Crippen LogP) is 3.44. The van der Waals surface area contributed by atoms with Gasteiger partial charge in [0, 0.05) is 29.6 Å². The molecule has 1 saturated carbocycles. The van der Waals surface area contributed by atoms with Crippen molar-refractivity contribution in [3.05, 3.63) is 29.3 Å². The molecule has 1 aromatic rings. The van der Waals surface area contributed by atoms with Gasteiger partial charge in [-0.15, -0.1) is 0 Å². The summed E-state index contributed by atoms with van der Waals surface area (Å²) >= 11 is 2.01. The molecule has 0 bridgehead atoms. The van der Waals surface area contributed by atoms with Gasteiger partial charge < -0.3 is 10.6 Å². The molecule has 0 heterocycles. The molecule has 1 aromatic carbocycles. The van der Waals surface area contributed by atoms with Gasteiger partial charge >= 0.3 is 0 Å². The standard InChI is InChI=1S/C16H24N2OS/c1-4-20-14-7-6-13(10-14)18-16(19)12-5-8-15(17-3)11(2)9-12/h5,8-9,13-14,17H,4,6-7,10H2,1-3H3,(H,18,19). The molecule has 0 spiro atoms. The molecule has 1 amide bonds. The summed E-state index contributed by atoms with van der Waals surface area (Å²) in [5, 5.41) is 7.02. The van der Waals surface area contributed by atoms with E-state index in [0.717, 1.165) is 40.7 Å². The molecular weight excluding hydrogens is 268 g/mol. The van der Waals surface area contributed by atoms with Crippen LogP contribution in [0.4, 0.5) is 5.69 Å². The van der Waals surface area contributed by atoms with Crippen LogP contribution in [0.2, 0.25) is 0 Å². The molecule has 0 aromatic heterocycles. The lowest BCUT2D eigenvalue weighted by atomic mass is 10.1. The Balaban J connectivity index is 1.94. The maximum absolute atomic E-state index is 12.3. The van der Waals surface area contributed by atoms with Gasteiger partial charge in [0.15, 0.2) is 0 Å². The summed E-state index contributed by atoms with van der Waals surface area (Å²) in [6, 6.07) is 6.15. The van der Waals surface area contributed by atoms with Crippen molar-refractivity contribution in [1.82, 2.24) is 5.32 Å². The van der Waals surface area contributed by atoms with Gasteiger partial charge in [-0.1, -0.05) is 6.92 Å². The zero-order valence-electron chi connectivity index (χ0n) is 12.5. The maximum Gasteiger partial charge on any atom is 0.251 e. The van der Waals surface area contributed by atoms with Crippen LogP contribution in [-0.2, 0) is 0 Å². The molecule has 2 N–H and O–H groups in total. The number of benzene rings is 1. The zero-order valence-corrected chi connectivity index (χ0v) is 13.3. The Hall–Kier alpha value is -1.16. The highest BCUT2D eigenvalue weighted by Crippen LogP contribution is 2.29. The lowest BCUT2D eigenvalue weighted by molar-refractivity contribution is 0.0938. The van der Waals surface area contributed by atoms with Gasteiger partial charge in [-0.25, -0.2) is 0 Å². The Bertz CT molecular complexity index is 476. The highest BCUT2D eigenvalue weighted by Gasteiger charge is 2.26. The Labute approximate surface area is 125 Å². The Morgan fingerprint density at radius 1 is 1.40 bits per heavy atom. The number of nitrogens with one attached hydrogen (secondary N) is 2. The van der Waals surface area contributed by atoms with Crippen molar-refractivity contribution < 1.29 is 4.79 Å². The van der Waals surface area contributed by atoms with E-state index in [4.69, 9.17) is 0 Å². The number of rotatable bonds is 5. The number of thioether (sulfide) groups is 1. The van der Waals surface area contributed by atoms with Gasteiger partial charge in [0.2, 0.25) is 0 Å². The number of anilines is 1. The van der Waals surface area contributed by atoms with Gasteiger partial charge in [-0.05, 0) is 55.7 Å². The monoisotopic (exact) mass is 292 g/mol. The van der Waals surface area contributed by atoms with Gasteiger partial charge in [0.25, 0.3) is 5.91 Å². The van der Waals surface area contributed by atoms with Crippen LogP contribution in [0, 0.1) is 6.92 Å². The largest absolute Gasteiger partial charge is 0.388 e. The number of carbonyl (C=O) groups excluding carboxylic acids is 1. The Morgan fingerprint density at radius 3 is 2.85 bits per heavy atom. The Kier molecular flexibility index (Phi) is 5.35. The van der Waals surface area contributed by atoms with E-state index in [9.17, 15) is 4.79 Å². The summed E-state index contributed by atoms with van der Waals surface area (Å²) in [6.45, 7) is 4.22. The van der Waals surface area contributed by atoms with Crippen molar-refractivity contribution >= 4 is 23.4 Å². The van der Waals surface area contributed by atoms with Crippen LogP contribution in [0.1, 0.15) is 42.1 Å². The molecule has 20 heavy (non-hydrogen) atoms. The van der Waals surface area contributed by atoms with Crippen molar-refractivity contribution in [3.8, 4) is 0 Å². The summed E-state index contributed by atoms with van der Waals surface area (Å²) in [5.41, 5.74) is 2.93. The average Bonchev–Trinajstić information content (AvgIpc) is 2.86. The second-order valence-electron chi connectivity index (χ2n) is 5.34. The molecule has 110 valence electrons. The van der Waals surface area contributed by atoms with E-state index in [0.29, 0.717) is 6.04 Å². The number of amides is 1. The van der Waals surface area contributed by atoms with E-state index in [1.807, 2.05) is 43.9 Å². The Morgan fingerprint density at radius 2 is 2.20 bits per heavy atom. The quantitative estimate of drug-likeness (QED) is 0.873. The molecule has 0 saturated heterocycles. The van der Waals surface area contributed by atoms with Crippen LogP contribution in [0.3, 0.4) is 0 Å². The fourth-order valence-electron chi connectivity index (χ4n) is 2.81. The predicted molar refractivity (Wildman–Crippen MR) is 87.8 cm³/mol. The lowest BCUT2D eigenvalue weighted by Gasteiger charge is -2.14. The molecule has 2 atom stereocenters. The first kappa shape index (κ1) is 15.2. The summed E-state index contributed by atoms with van der Waals surface area (Å²) in [5.74, 6) is 1.22. The third-order valence-electron chi connectivity index (χ3n) is 3.88. The van der Waals surface area contributed by atoms with Crippen LogP contribution in [0.25, 0.3) is 0 Å². The second kappa shape index (κ2) is 7.02. The minimum absolute atomic E-state index is 0.0582. The first-order chi connectivity index (χ1) is 9.63. The van der Waals surface area contributed by atoms with Gasteiger partial charge in [-0.3, -0.25) is 4.79 Å². The van der Waals surface area contributed by atoms with Crippen molar-refractivity contribution in [2.45, 2.75) is 44.4 Å². The van der Waals surface area contributed by atoms with Crippen LogP contribution in [0.5, 0.6) is 0 Å². The molecule has 1 aliphatic rings. The number of hydrogen-bond donors (Lipinski definition) is 2. The maximum atomic E-state index is 12.3. The smallest absolute Gasteiger partial charge is 0.251 e.